The third kappa shape index (κ3) is 4.47. The summed E-state index contributed by atoms with van der Waals surface area (Å²) >= 11 is 0. The van der Waals surface area contributed by atoms with Gasteiger partial charge in [-0.1, -0.05) is 39.0 Å². The average Bonchev–Trinajstić information content (AvgIpc) is 2.75. The van der Waals surface area contributed by atoms with Crippen molar-refractivity contribution in [2.45, 2.75) is 59.4 Å². The van der Waals surface area contributed by atoms with Crippen molar-refractivity contribution in [3.63, 3.8) is 0 Å². The summed E-state index contributed by atoms with van der Waals surface area (Å²) in [5, 5.41) is 3.69. The molecule has 1 aromatic rings. The molecular formula is C19H31NO. The third-order valence-electron chi connectivity index (χ3n) is 4.47. The van der Waals surface area contributed by atoms with Crippen molar-refractivity contribution >= 4 is 0 Å². The summed E-state index contributed by atoms with van der Waals surface area (Å²) in [6, 6.07) is 8.50. The maximum absolute atomic E-state index is 5.85. The minimum absolute atomic E-state index is 0.174. The van der Waals surface area contributed by atoms with Crippen LogP contribution >= 0.6 is 0 Å². The lowest BCUT2D eigenvalue weighted by atomic mass is 9.74. The molecule has 0 aliphatic carbocycles. The molecule has 0 aromatic heterocycles. The Labute approximate surface area is 130 Å². The topological polar surface area (TPSA) is 21.3 Å². The molecule has 0 radical (unpaired) electrons. The first-order valence-corrected chi connectivity index (χ1v) is 8.13. The van der Waals surface area contributed by atoms with E-state index in [1.807, 2.05) is 0 Å². The lowest BCUT2D eigenvalue weighted by molar-refractivity contribution is 0.183. The summed E-state index contributed by atoms with van der Waals surface area (Å²) in [5.74, 6) is 2.25. The van der Waals surface area contributed by atoms with Gasteiger partial charge in [0.05, 0.1) is 6.61 Å². The first kappa shape index (κ1) is 16.4. The van der Waals surface area contributed by atoms with Gasteiger partial charge in [-0.25, -0.2) is 0 Å². The number of hydrogen-bond acceptors (Lipinski definition) is 2. The molecule has 0 bridgehead atoms. The van der Waals surface area contributed by atoms with Crippen molar-refractivity contribution in [3.8, 4) is 5.75 Å². The minimum Gasteiger partial charge on any atom is -0.493 e. The Morgan fingerprint density at radius 3 is 2.43 bits per heavy atom. The van der Waals surface area contributed by atoms with E-state index < -0.39 is 0 Å². The number of nitrogens with one attached hydrogen (secondary N) is 1. The highest BCUT2D eigenvalue weighted by Crippen LogP contribution is 2.41. The zero-order valence-corrected chi connectivity index (χ0v) is 14.5. The van der Waals surface area contributed by atoms with Gasteiger partial charge in [-0.2, -0.15) is 0 Å². The van der Waals surface area contributed by atoms with Crippen LogP contribution in [0.25, 0.3) is 0 Å². The quantitative estimate of drug-likeness (QED) is 0.874. The monoisotopic (exact) mass is 289 g/mol. The number of rotatable bonds is 4. The molecule has 118 valence electrons. The Balaban J connectivity index is 2.06. The normalized spacial score (nSPS) is 20.0. The second-order valence-electron chi connectivity index (χ2n) is 8.48. The summed E-state index contributed by atoms with van der Waals surface area (Å²) in [4.78, 5) is 0. The van der Waals surface area contributed by atoms with Crippen LogP contribution in [-0.2, 0) is 0 Å². The van der Waals surface area contributed by atoms with Crippen LogP contribution in [0, 0.1) is 11.3 Å². The molecule has 1 aromatic carbocycles. The van der Waals surface area contributed by atoms with E-state index in [9.17, 15) is 0 Å². The fraction of sp³-hybridized carbons (Fsp3) is 0.684. The Bertz CT molecular complexity index is 467. The van der Waals surface area contributed by atoms with Crippen LogP contribution in [0.3, 0.4) is 0 Å². The summed E-state index contributed by atoms with van der Waals surface area (Å²) in [6.45, 7) is 15.7. The van der Waals surface area contributed by atoms with Gasteiger partial charge in [-0.15, -0.1) is 0 Å². The van der Waals surface area contributed by atoms with E-state index in [4.69, 9.17) is 4.74 Å². The van der Waals surface area contributed by atoms with Gasteiger partial charge < -0.3 is 10.1 Å². The van der Waals surface area contributed by atoms with Crippen molar-refractivity contribution < 1.29 is 4.74 Å². The Hall–Kier alpha value is -1.02. The van der Waals surface area contributed by atoms with E-state index in [1.165, 1.54) is 12.0 Å². The van der Waals surface area contributed by atoms with E-state index in [0.29, 0.717) is 17.3 Å². The second kappa shape index (κ2) is 6.00. The molecule has 2 nitrogen and oxygen atoms in total. The number of ether oxygens (including phenoxy) is 1. The molecule has 2 atom stereocenters. The fourth-order valence-corrected chi connectivity index (χ4v) is 2.94. The van der Waals surface area contributed by atoms with E-state index in [1.54, 1.807) is 0 Å². The summed E-state index contributed by atoms with van der Waals surface area (Å²) < 4.78 is 5.85. The summed E-state index contributed by atoms with van der Waals surface area (Å²) in [7, 11) is 0. The summed E-state index contributed by atoms with van der Waals surface area (Å²) in [5.41, 5.74) is 1.87. The first-order valence-electron chi connectivity index (χ1n) is 8.13. The molecule has 1 N–H and O–H groups in total. The van der Waals surface area contributed by atoms with Crippen LogP contribution in [0.2, 0.25) is 0 Å². The molecule has 0 saturated heterocycles. The lowest BCUT2D eigenvalue weighted by Crippen LogP contribution is -2.42. The summed E-state index contributed by atoms with van der Waals surface area (Å²) in [6.07, 6.45) is 1.18. The van der Waals surface area contributed by atoms with Crippen LogP contribution in [0.1, 0.15) is 59.4 Å². The molecule has 1 heterocycles. The molecule has 2 heteroatoms. The largest absolute Gasteiger partial charge is 0.493 e. The van der Waals surface area contributed by atoms with Crippen LogP contribution < -0.4 is 10.1 Å². The van der Waals surface area contributed by atoms with Crippen LogP contribution in [-0.4, -0.2) is 18.7 Å². The van der Waals surface area contributed by atoms with Crippen molar-refractivity contribution in [2.75, 3.05) is 13.2 Å². The molecule has 1 aliphatic heterocycles. The minimum atomic E-state index is 0.174. The van der Waals surface area contributed by atoms with Gasteiger partial charge in [0.1, 0.15) is 5.75 Å². The van der Waals surface area contributed by atoms with E-state index in [0.717, 1.165) is 18.9 Å². The average molecular weight is 289 g/mol. The highest BCUT2D eigenvalue weighted by Gasteiger charge is 2.32. The number of fused-ring (bicyclic) bond motifs is 1. The van der Waals surface area contributed by atoms with Crippen molar-refractivity contribution in [3.05, 3.63) is 29.8 Å². The molecule has 2 rings (SSSR count). The molecule has 2 unspecified atom stereocenters. The Morgan fingerprint density at radius 2 is 1.81 bits per heavy atom. The Morgan fingerprint density at radius 1 is 1.14 bits per heavy atom. The van der Waals surface area contributed by atoms with E-state index >= 15 is 0 Å². The molecular weight excluding hydrogens is 258 g/mol. The zero-order valence-electron chi connectivity index (χ0n) is 14.5. The lowest BCUT2D eigenvalue weighted by Gasteiger charge is -2.35. The van der Waals surface area contributed by atoms with Crippen LogP contribution in [0.4, 0.5) is 0 Å². The van der Waals surface area contributed by atoms with Gasteiger partial charge in [0.15, 0.2) is 0 Å². The number of hydrogen-bond donors (Lipinski definition) is 1. The van der Waals surface area contributed by atoms with Gasteiger partial charge in [-0.3, -0.25) is 0 Å². The van der Waals surface area contributed by atoms with Crippen LogP contribution in [0.15, 0.2) is 24.3 Å². The van der Waals surface area contributed by atoms with Crippen molar-refractivity contribution in [2.24, 2.45) is 11.3 Å². The third-order valence-corrected chi connectivity index (χ3v) is 4.47. The number of benzene rings is 1. The molecule has 0 fully saturated rings. The van der Waals surface area contributed by atoms with Gasteiger partial charge in [0, 0.05) is 17.0 Å². The van der Waals surface area contributed by atoms with Crippen LogP contribution in [0.5, 0.6) is 5.75 Å². The first-order chi connectivity index (χ1) is 9.67. The maximum Gasteiger partial charge on any atom is 0.122 e. The molecule has 0 saturated carbocycles. The fourth-order valence-electron chi connectivity index (χ4n) is 2.94. The maximum atomic E-state index is 5.85. The van der Waals surface area contributed by atoms with Crippen molar-refractivity contribution in [1.82, 2.24) is 5.32 Å². The Kier molecular flexibility index (Phi) is 4.67. The van der Waals surface area contributed by atoms with Gasteiger partial charge >= 0.3 is 0 Å². The van der Waals surface area contributed by atoms with Gasteiger partial charge in [-0.05, 0) is 51.1 Å². The van der Waals surface area contributed by atoms with Gasteiger partial charge in [0.2, 0.25) is 0 Å². The standard InChI is InChI=1S/C19H31NO/c1-18(2,3)15(12-20-19(4,5)6)11-14-13-21-17-10-8-7-9-16(14)17/h7-10,14-15,20H,11-13H2,1-6H3. The highest BCUT2D eigenvalue weighted by atomic mass is 16.5. The molecule has 1 aliphatic rings. The molecule has 21 heavy (non-hydrogen) atoms. The highest BCUT2D eigenvalue weighted by molar-refractivity contribution is 5.39. The second-order valence-corrected chi connectivity index (χ2v) is 8.48. The van der Waals surface area contributed by atoms with E-state index in [-0.39, 0.29) is 5.54 Å². The SMILES string of the molecule is CC(C)(C)NCC(CC1COc2ccccc21)C(C)(C)C. The number of para-hydroxylation sites is 1. The van der Waals surface area contributed by atoms with Gasteiger partial charge in [0.25, 0.3) is 0 Å². The zero-order chi connectivity index (χ0) is 15.7. The van der Waals surface area contributed by atoms with Crippen molar-refractivity contribution in [1.29, 1.82) is 0 Å². The van der Waals surface area contributed by atoms with E-state index in [2.05, 4.69) is 71.1 Å². The molecule has 0 amide bonds. The predicted molar refractivity (Wildman–Crippen MR) is 90.0 cm³/mol. The predicted octanol–water partition coefficient (Wildman–Crippen LogP) is 4.60. The molecule has 0 spiro atoms. The smallest absolute Gasteiger partial charge is 0.122 e.